The first-order chi connectivity index (χ1) is 7.31. The highest BCUT2D eigenvalue weighted by Gasteiger charge is 2.29. The Morgan fingerprint density at radius 1 is 1.53 bits per heavy atom. The smallest absolute Gasteiger partial charge is 0.124 e. The van der Waals surface area contributed by atoms with E-state index in [-0.39, 0.29) is 0 Å². The van der Waals surface area contributed by atoms with Crippen molar-refractivity contribution >= 4 is 5.69 Å². The summed E-state index contributed by atoms with van der Waals surface area (Å²) in [5, 5.41) is 0. The molecular weight excluding hydrogens is 188 g/mol. The normalized spacial score (nSPS) is 19.1. The number of anilines is 1. The predicted molar refractivity (Wildman–Crippen MR) is 62.6 cm³/mol. The van der Waals surface area contributed by atoms with Crippen LogP contribution < -0.4 is 15.4 Å². The number of rotatable bonds is 3. The van der Waals surface area contributed by atoms with E-state index >= 15 is 0 Å². The van der Waals surface area contributed by atoms with Gasteiger partial charge in [0.05, 0.1) is 7.11 Å². The molecule has 2 N–H and O–H groups in total. The van der Waals surface area contributed by atoms with Crippen LogP contribution in [0.5, 0.6) is 5.75 Å². The standard InChI is InChI=1S/C12H18N2O/c1-3-14-9(8-13)7-10-11(14)5-4-6-12(10)15-2/h4-6,9H,3,7-8,13H2,1-2H3. The van der Waals surface area contributed by atoms with Gasteiger partial charge in [0, 0.05) is 30.4 Å². The molecule has 0 fully saturated rings. The second kappa shape index (κ2) is 4.11. The summed E-state index contributed by atoms with van der Waals surface area (Å²) in [5.41, 5.74) is 8.38. The molecule has 3 nitrogen and oxygen atoms in total. The van der Waals surface area contributed by atoms with Crippen molar-refractivity contribution in [3.63, 3.8) is 0 Å². The minimum atomic E-state index is 0.432. The molecule has 1 aliphatic rings. The second-order valence-electron chi connectivity index (χ2n) is 3.84. The topological polar surface area (TPSA) is 38.5 Å². The van der Waals surface area contributed by atoms with Crippen molar-refractivity contribution < 1.29 is 4.74 Å². The summed E-state index contributed by atoms with van der Waals surface area (Å²) < 4.78 is 5.38. The molecule has 1 aromatic carbocycles. The van der Waals surface area contributed by atoms with Crippen LogP contribution in [0.15, 0.2) is 18.2 Å². The second-order valence-corrected chi connectivity index (χ2v) is 3.84. The molecule has 0 radical (unpaired) electrons. The van der Waals surface area contributed by atoms with Crippen molar-refractivity contribution in [2.45, 2.75) is 19.4 Å². The maximum Gasteiger partial charge on any atom is 0.124 e. The first kappa shape index (κ1) is 10.3. The Kier molecular flexibility index (Phi) is 2.82. The largest absolute Gasteiger partial charge is 0.496 e. The van der Waals surface area contributed by atoms with Gasteiger partial charge in [-0.15, -0.1) is 0 Å². The van der Waals surface area contributed by atoms with Crippen molar-refractivity contribution in [3.05, 3.63) is 23.8 Å². The summed E-state index contributed by atoms with van der Waals surface area (Å²) in [6.45, 7) is 3.87. The molecule has 3 heteroatoms. The number of nitrogens with zero attached hydrogens (tertiary/aromatic N) is 1. The van der Waals surface area contributed by atoms with Gasteiger partial charge in [0.25, 0.3) is 0 Å². The highest BCUT2D eigenvalue weighted by atomic mass is 16.5. The molecule has 0 saturated carbocycles. The van der Waals surface area contributed by atoms with E-state index < -0.39 is 0 Å². The van der Waals surface area contributed by atoms with Crippen LogP contribution in [-0.2, 0) is 6.42 Å². The molecule has 1 heterocycles. The Labute approximate surface area is 90.8 Å². The van der Waals surface area contributed by atoms with E-state index in [0.29, 0.717) is 12.6 Å². The Morgan fingerprint density at radius 2 is 2.33 bits per heavy atom. The number of ether oxygens (including phenoxy) is 1. The lowest BCUT2D eigenvalue weighted by Crippen LogP contribution is -2.37. The lowest BCUT2D eigenvalue weighted by molar-refractivity contribution is 0.410. The first-order valence-corrected chi connectivity index (χ1v) is 5.44. The number of nitrogens with two attached hydrogens (primary N) is 1. The van der Waals surface area contributed by atoms with Crippen LogP contribution in [0.25, 0.3) is 0 Å². The molecule has 1 unspecified atom stereocenters. The van der Waals surface area contributed by atoms with Crippen molar-refractivity contribution in [2.24, 2.45) is 5.73 Å². The predicted octanol–water partition coefficient (Wildman–Crippen LogP) is 1.40. The molecule has 0 aliphatic carbocycles. The number of hydrogen-bond donors (Lipinski definition) is 1. The molecule has 0 aromatic heterocycles. The van der Waals surface area contributed by atoms with Gasteiger partial charge < -0.3 is 15.4 Å². The molecule has 1 atom stereocenters. The average molecular weight is 206 g/mol. The zero-order chi connectivity index (χ0) is 10.8. The van der Waals surface area contributed by atoms with E-state index in [1.807, 2.05) is 12.1 Å². The fourth-order valence-electron chi connectivity index (χ4n) is 2.40. The van der Waals surface area contributed by atoms with Gasteiger partial charge in [0.2, 0.25) is 0 Å². The molecule has 82 valence electrons. The van der Waals surface area contributed by atoms with Crippen LogP contribution in [0.2, 0.25) is 0 Å². The van der Waals surface area contributed by atoms with Gasteiger partial charge >= 0.3 is 0 Å². The lowest BCUT2D eigenvalue weighted by atomic mass is 10.1. The number of hydrogen-bond acceptors (Lipinski definition) is 3. The lowest BCUT2D eigenvalue weighted by Gasteiger charge is -2.24. The summed E-state index contributed by atoms with van der Waals surface area (Å²) in [7, 11) is 1.72. The Hall–Kier alpha value is -1.22. The van der Waals surface area contributed by atoms with E-state index in [0.717, 1.165) is 18.7 Å². The van der Waals surface area contributed by atoms with Crippen molar-refractivity contribution in [1.29, 1.82) is 0 Å². The number of likely N-dealkylation sites (N-methyl/N-ethyl adjacent to an activating group) is 1. The summed E-state index contributed by atoms with van der Waals surface area (Å²) >= 11 is 0. The summed E-state index contributed by atoms with van der Waals surface area (Å²) in [6.07, 6.45) is 1.00. The van der Waals surface area contributed by atoms with Gasteiger partial charge in [-0.2, -0.15) is 0 Å². The van der Waals surface area contributed by atoms with Gasteiger partial charge in [-0.1, -0.05) is 6.07 Å². The number of benzene rings is 1. The first-order valence-electron chi connectivity index (χ1n) is 5.44. The molecule has 0 bridgehead atoms. The molecule has 15 heavy (non-hydrogen) atoms. The summed E-state index contributed by atoms with van der Waals surface area (Å²) in [4.78, 5) is 2.36. The number of fused-ring (bicyclic) bond motifs is 1. The van der Waals surface area contributed by atoms with Crippen LogP contribution in [0, 0.1) is 0 Å². The minimum Gasteiger partial charge on any atom is -0.496 e. The Bertz CT molecular complexity index is 351. The summed E-state index contributed by atoms with van der Waals surface area (Å²) in [5.74, 6) is 0.988. The fourth-order valence-corrected chi connectivity index (χ4v) is 2.40. The third kappa shape index (κ3) is 1.57. The third-order valence-electron chi connectivity index (χ3n) is 3.13. The zero-order valence-corrected chi connectivity index (χ0v) is 9.36. The molecule has 2 rings (SSSR count). The van der Waals surface area contributed by atoms with E-state index in [2.05, 4.69) is 17.9 Å². The van der Waals surface area contributed by atoms with Crippen molar-refractivity contribution in [1.82, 2.24) is 0 Å². The molecule has 0 saturated heterocycles. The molecule has 1 aliphatic heterocycles. The zero-order valence-electron chi connectivity index (χ0n) is 9.36. The maximum atomic E-state index is 5.79. The quantitative estimate of drug-likeness (QED) is 0.812. The van der Waals surface area contributed by atoms with Crippen LogP contribution in [-0.4, -0.2) is 26.2 Å². The van der Waals surface area contributed by atoms with Crippen LogP contribution in [0.4, 0.5) is 5.69 Å². The van der Waals surface area contributed by atoms with E-state index in [1.54, 1.807) is 7.11 Å². The Morgan fingerprint density at radius 3 is 2.93 bits per heavy atom. The molecule has 0 spiro atoms. The number of methoxy groups -OCH3 is 1. The van der Waals surface area contributed by atoms with E-state index in [1.165, 1.54) is 11.3 Å². The maximum absolute atomic E-state index is 5.79. The van der Waals surface area contributed by atoms with E-state index in [9.17, 15) is 0 Å². The van der Waals surface area contributed by atoms with Gasteiger partial charge in [0.1, 0.15) is 5.75 Å². The Balaban J connectivity index is 2.41. The van der Waals surface area contributed by atoms with Gasteiger partial charge in [-0.25, -0.2) is 0 Å². The monoisotopic (exact) mass is 206 g/mol. The van der Waals surface area contributed by atoms with Gasteiger partial charge in [-0.05, 0) is 25.5 Å². The summed E-state index contributed by atoms with van der Waals surface area (Å²) in [6, 6.07) is 6.64. The van der Waals surface area contributed by atoms with Gasteiger partial charge in [-0.3, -0.25) is 0 Å². The van der Waals surface area contributed by atoms with E-state index in [4.69, 9.17) is 10.5 Å². The average Bonchev–Trinajstić information content (AvgIpc) is 2.66. The SMILES string of the molecule is CCN1c2cccc(OC)c2CC1CN. The minimum absolute atomic E-state index is 0.432. The van der Waals surface area contributed by atoms with Crippen LogP contribution in [0.3, 0.4) is 0 Å². The van der Waals surface area contributed by atoms with Crippen molar-refractivity contribution in [2.75, 3.05) is 25.1 Å². The van der Waals surface area contributed by atoms with Crippen LogP contribution >= 0.6 is 0 Å². The third-order valence-corrected chi connectivity index (χ3v) is 3.13. The van der Waals surface area contributed by atoms with Crippen LogP contribution in [0.1, 0.15) is 12.5 Å². The molecular formula is C12H18N2O. The molecule has 0 amide bonds. The van der Waals surface area contributed by atoms with Gasteiger partial charge in [0.15, 0.2) is 0 Å². The molecule has 1 aromatic rings. The fraction of sp³-hybridized carbons (Fsp3) is 0.500. The highest BCUT2D eigenvalue weighted by molar-refractivity contribution is 5.64. The van der Waals surface area contributed by atoms with Crippen molar-refractivity contribution in [3.8, 4) is 5.75 Å². The highest BCUT2D eigenvalue weighted by Crippen LogP contribution is 2.37.